The second kappa shape index (κ2) is 6.24. The molecule has 0 amide bonds. The van der Waals surface area contributed by atoms with E-state index in [4.69, 9.17) is 10.5 Å². The number of pyridine rings is 1. The second-order valence-corrected chi connectivity index (χ2v) is 4.81. The highest BCUT2D eigenvalue weighted by Crippen LogP contribution is 2.31. The third kappa shape index (κ3) is 3.48. The average molecular weight is 274 g/mol. The third-order valence-corrected chi connectivity index (χ3v) is 3.42. The molecule has 0 saturated heterocycles. The van der Waals surface area contributed by atoms with E-state index in [1.807, 2.05) is 18.2 Å². The van der Waals surface area contributed by atoms with Crippen molar-refractivity contribution in [2.45, 2.75) is 16.8 Å². The van der Waals surface area contributed by atoms with Crippen molar-refractivity contribution in [1.82, 2.24) is 4.98 Å². The monoisotopic (exact) mass is 274 g/mol. The molecule has 2 rings (SSSR count). The number of nitrogen functional groups attached to an aromatic ring is 1. The van der Waals surface area contributed by atoms with E-state index in [1.165, 1.54) is 11.8 Å². The predicted molar refractivity (Wildman–Crippen MR) is 75.2 cm³/mol. The quantitative estimate of drug-likeness (QED) is 0.686. The molecular formula is C14H14N2O2S. The van der Waals surface area contributed by atoms with Gasteiger partial charge in [-0.25, -0.2) is 9.78 Å². The van der Waals surface area contributed by atoms with E-state index in [2.05, 4.69) is 4.98 Å². The van der Waals surface area contributed by atoms with E-state index in [1.54, 1.807) is 31.3 Å². The standard InChI is InChI=1S/C14H14N2O2S/c1-2-18-14(17)10-6-7-12(11(15)9-10)19-13-5-3-4-8-16-13/h3-9H,2,15H2,1H3. The Labute approximate surface area is 116 Å². The van der Waals surface area contributed by atoms with Crippen LogP contribution in [0.1, 0.15) is 17.3 Å². The van der Waals surface area contributed by atoms with Crippen molar-refractivity contribution in [3.05, 3.63) is 48.2 Å². The van der Waals surface area contributed by atoms with Crippen LogP contribution in [0.2, 0.25) is 0 Å². The zero-order chi connectivity index (χ0) is 13.7. The molecule has 4 nitrogen and oxygen atoms in total. The minimum atomic E-state index is -0.358. The lowest BCUT2D eigenvalue weighted by Gasteiger charge is -2.07. The summed E-state index contributed by atoms with van der Waals surface area (Å²) in [5.74, 6) is -0.358. The van der Waals surface area contributed by atoms with Crippen LogP contribution in [0.5, 0.6) is 0 Å². The van der Waals surface area contributed by atoms with E-state index in [0.717, 1.165) is 9.92 Å². The normalized spacial score (nSPS) is 10.2. The molecule has 19 heavy (non-hydrogen) atoms. The van der Waals surface area contributed by atoms with E-state index in [-0.39, 0.29) is 5.97 Å². The Bertz CT molecular complexity index is 573. The second-order valence-electron chi connectivity index (χ2n) is 3.74. The molecule has 0 fully saturated rings. The molecule has 0 spiro atoms. The maximum atomic E-state index is 11.6. The van der Waals surface area contributed by atoms with Gasteiger partial charge in [0.2, 0.25) is 0 Å². The van der Waals surface area contributed by atoms with Crippen LogP contribution in [-0.4, -0.2) is 17.6 Å². The van der Waals surface area contributed by atoms with Gasteiger partial charge in [0.1, 0.15) is 5.03 Å². The Morgan fingerprint density at radius 1 is 1.37 bits per heavy atom. The number of carbonyl (C=O) groups is 1. The summed E-state index contributed by atoms with van der Waals surface area (Å²) in [7, 11) is 0. The van der Waals surface area contributed by atoms with Gasteiger partial charge in [-0.2, -0.15) is 0 Å². The molecule has 0 radical (unpaired) electrons. The fourth-order valence-corrected chi connectivity index (χ4v) is 2.30. The summed E-state index contributed by atoms with van der Waals surface area (Å²) in [5, 5.41) is 0.859. The van der Waals surface area contributed by atoms with Gasteiger partial charge in [-0.15, -0.1) is 0 Å². The number of carbonyl (C=O) groups excluding carboxylic acids is 1. The Morgan fingerprint density at radius 2 is 2.21 bits per heavy atom. The molecule has 0 saturated carbocycles. The van der Waals surface area contributed by atoms with Crippen molar-refractivity contribution in [2.75, 3.05) is 12.3 Å². The smallest absolute Gasteiger partial charge is 0.338 e. The third-order valence-electron chi connectivity index (χ3n) is 2.37. The predicted octanol–water partition coefficient (Wildman–Crippen LogP) is 2.99. The highest BCUT2D eigenvalue weighted by molar-refractivity contribution is 7.99. The maximum Gasteiger partial charge on any atom is 0.338 e. The first kappa shape index (κ1) is 13.4. The van der Waals surface area contributed by atoms with Crippen LogP contribution in [-0.2, 0) is 4.74 Å². The molecule has 0 aliphatic rings. The van der Waals surface area contributed by atoms with Crippen molar-refractivity contribution < 1.29 is 9.53 Å². The molecule has 0 atom stereocenters. The molecule has 0 aliphatic heterocycles. The van der Waals surface area contributed by atoms with E-state index in [9.17, 15) is 4.79 Å². The van der Waals surface area contributed by atoms with Gasteiger partial charge in [-0.1, -0.05) is 17.8 Å². The number of rotatable bonds is 4. The van der Waals surface area contributed by atoms with Crippen LogP contribution in [0, 0.1) is 0 Å². The Hall–Kier alpha value is -2.01. The number of ether oxygens (including phenoxy) is 1. The summed E-state index contributed by atoms with van der Waals surface area (Å²) in [6.45, 7) is 2.12. The molecule has 0 unspecified atom stereocenters. The summed E-state index contributed by atoms with van der Waals surface area (Å²) in [6, 6.07) is 10.8. The minimum absolute atomic E-state index is 0.350. The van der Waals surface area contributed by atoms with Gasteiger partial charge in [0.25, 0.3) is 0 Å². The first-order chi connectivity index (χ1) is 9.20. The zero-order valence-electron chi connectivity index (χ0n) is 10.5. The maximum absolute atomic E-state index is 11.6. The van der Waals surface area contributed by atoms with Crippen molar-refractivity contribution in [3.63, 3.8) is 0 Å². The summed E-state index contributed by atoms with van der Waals surface area (Å²) < 4.78 is 4.93. The molecule has 0 aliphatic carbocycles. The first-order valence-corrected chi connectivity index (χ1v) is 6.68. The summed E-state index contributed by atoms with van der Waals surface area (Å²) in [4.78, 5) is 16.7. The number of nitrogens with zero attached hydrogens (tertiary/aromatic N) is 1. The van der Waals surface area contributed by atoms with Crippen LogP contribution >= 0.6 is 11.8 Å². The molecule has 5 heteroatoms. The number of benzene rings is 1. The van der Waals surface area contributed by atoms with Gasteiger partial charge in [0.05, 0.1) is 12.2 Å². The largest absolute Gasteiger partial charge is 0.462 e. The van der Waals surface area contributed by atoms with Crippen LogP contribution < -0.4 is 5.73 Å². The number of nitrogens with two attached hydrogens (primary N) is 1. The van der Waals surface area contributed by atoms with Gasteiger partial charge in [-0.3, -0.25) is 0 Å². The van der Waals surface area contributed by atoms with E-state index < -0.39 is 0 Å². The van der Waals surface area contributed by atoms with Gasteiger partial charge >= 0.3 is 5.97 Å². The number of hydrogen-bond acceptors (Lipinski definition) is 5. The van der Waals surface area contributed by atoms with Crippen molar-refractivity contribution >= 4 is 23.4 Å². The highest BCUT2D eigenvalue weighted by Gasteiger charge is 2.09. The van der Waals surface area contributed by atoms with Gasteiger partial charge in [0, 0.05) is 16.8 Å². The summed E-state index contributed by atoms with van der Waals surface area (Å²) in [5.41, 5.74) is 6.95. The molecule has 1 heterocycles. The Morgan fingerprint density at radius 3 is 2.84 bits per heavy atom. The topological polar surface area (TPSA) is 65.2 Å². The van der Waals surface area contributed by atoms with Crippen LogP contribution in [0.25, 0.3) is 0 Å². The van der Waals surface area contributed by atoms with Gasteiger partial charge in [0.15, 0.2) is 0 Å². The number of aromatic nitrogens is 1. The molecule has 2 N–H and O–H groups in total. The lowest BCUT2D eigenvalue weighted by Crippen LogP contribution is -2.05. The fourth-order valence-electron chi connectivity index (χ4n) is 1.50. The summed E-state index contributed by atoms with van der Waals surface area (Å²) >= 11 is 1.46. The molecule has 98 valence electrons. The van der Waals surface area contributed by atoms with Crippen molar-refractivity contribution in [3.8, 4) is 0 Å². The molecular weight excluding hydrogens is 260 g/mol. The molecule has 2 aromatic rings. The first-order valence-electron chi connectivity index (χ1n) is 5.86. The lowest BCUT2D eigenvalue weighted by atomic mass is 10.2. The van der Waals surface area contributed by atoms with E-state index in [0.29, 0.717) is 17.9 Å². The Balaban J connectivity index is 2.18. The number of esters is 1. The Kier molecular flexibility index (Phi) is 4.41. The average Bonchev–Trinajstić information content (AvgIpc) is 2.42. The van der Waals surface area contributed by atoms with Gasteiger partial charge in [-0.05, 0) is 37.3 Å². The number of anilines is 1. The van der Waals surface area contributed by atoms with Crippen molar-refractivity contribution in [2.24, 2.45) is 0 Å². The van der Waals surface area contributed by atoms with Crippen LogP contribution in [0.4, 0.5) is 5.69 Å². The van der Waals surface area contributed by atoms with Crippen LogP contribution in [0.3, 0.4) is 0 Å². The highest BCUT2D eigenvalue weighted by atomic mass is 32.2. The van der Waals surface area contributed by atoms with Crippen molar-refractivity contribution in [1.29, 1.82) is 0 Å². The van der Waals surface area contributed by atoms with Crippen LogP contribution in [0.15, 0.2) is 52.5 Å². The van der Waals surface area contributed by atoms with E-state index >= 15 is 0 Å². The summed E-state index contributed by atoms with van der Waals surface area (Å²) in [6.07, 6.45) is 1.73. The molecule has 1 aromatic carbocycles. The number of hydrogen-bond donors (Lipinski definition) is 1. The fraction of sp³-hybridized carbons (Fsp3) is 0.143. The SMILES string of the molecule is CCOC(=O)c1ccc(Sc2ccccn2)c(N)c1. The molecule has 0 bridgehead atoms. The van der Waals surface area contributed by atoms with Gasteiger partial charge < -0.3 is 10.5 Å². The zero-order valence-corrected chi connectivity index (χ0v) is 11.3. The molecule has 1 aromatic heterocycles. The lowest BCUT2D eigenvalue weighted by molar-refractivity contribution is 0.0526. The minimum Gasteiger partial charge on any atom is -0.462 e.